The fraction of sp³-hybridized carbons (Fsp3) is 0.357. The lowest BCUT2D eigenvalue weighted by Crippen LogP contribution is -2.20. The van der Waals surface area contributed by atoms with Crippen LogP contribution in [-0.4, -0.2) is 32.8 Å². The van der Waals surface area contributed by atoms with Gasteiger partial charge >= 0.3 is 0 Å². The second kappa shape index (κ2) is 7.87. The van der Waals surface area contributed by atoms with Crippen LogP contribution in [0.15, 0.2) is 35.1 Å². The first kappa shape index (κ1) is 17.3. The quantitative estimate of drug-likeness (QED) is 0.341. The van der Waals surface area contributed by atoms with Gasteiger partial charge in [-0.1, -0.05) is 18.1 Å². The minimum absolute atomic E-state index is 0.0809. The Labute approximate surface area is 127 Å². The predicted octanol–water partition coefficient (Wildman–Crippen LogP) is 1.55. The molecule has 0 aromatic carbocycles. The van der Waals surface area contributed by atoms with Crippen LogP contribution in [0.5, 0.6) is 0 Å². The van der Waals surface area contributed by atoms with Crippen molar-refractivity contribution in [2.24, 2.45) is 10.9 Å². The zero-order chi connectivity index (χ0) is 16.7. The Kier molecular flexibility index (Phi) is 6.18. The molecule has 0 saturated carbocycles. The molecule has 1 rings (SSSR count). The summed E-state index contributed by atoms with van der Waals surface area (Å²) in [6.45, 7) is 3.24. The lowest BCUT2D eigenvalue weighted by Gasteiger charge is -2.09. The van der Waals surface area contributed by atoms with Gasteiger partial charge in [0, 0.05) is 30.0 Å². The SMILES string of the molecule is CCC(=CC(Cc1cccnc1C(N)=O)=NO)C(C)[N+](=O)[O-]. The maximum absolute atomic E-state index is 11.3. The lowest BCUT2D eigenvalue weighted by molar-refractivity contribution is -0.507. The molecule has 0 saturated heterocycles. The van der Waals surface area contributed by atoms with E-state index in [0.717, 1.165) is 0 Å². The second-order valence-corrected chi connectivity index (χ2v) is 4.68. The summed E-state index contributed by atoms with van der Waals surface area (Å²) in [5.74, 6) is -0.689. The number of nitro groups is 1. The zero-order valence-corrected chi connectivity index (χ0v) is 12.4. The van der Waals surface area contributed by atoms with Gasteiger partial charge in [-0.15, -0.1) is 0 Å². The summed E-state index contributed by atoms with van der Waals surface area (Å²) in [6.07, 6.45) is 3.43. The minimum atomic E-state index is -0.883. The van der Waals surface area contributed by atoms with Crippen LogP contribution in [0.25, 0.3) is 0 Å². The molecule has 0 aliphatic carbocycles. The lowest BCUT2D eigenvalue weighted by atomic mass is 10.0. The fourth-order valence-corrected chi connectivity index (χ4v) is 1.98. The zero-order valence-electron chi connectivity index (χ0n) is 12.4. The van der Waals surface area contributed by atoms with Gasteiger partial charge in [0.25, 0.3) is 5.91 Å². The van der Waals surface area contributed by atoms with Crippen molar-refractivity contribution in [3.8, 4) is 0 Å². The molecule has 1 unspecified atom stereocenters. The van der Waals surface area contributed by atoms with Crippen LogP contribution >= 0.6 is 0 Å². The molecule has 1 amide bonds. The van der Waals surface area contributed by atoms with Crippen LogP contribution in [-0.2, 0) is 6.42 Å². The van der Waals surface area contributed by atoms with E-state index in [1.807, 2.05) is 0 Å². The number of carbonyl (C=O) groups excluding carboxylic acids is 1. The number of allylic oxidation sites excluding steroid dienone is 1. The van der Waals surface area contributed by atoms with Crippen LogP contribution in [0.3, 0.4) is 0 Å². The van der Waals surface area contributed by atoms with Gasteiger partial charge in [-0.05, 0) is 24.1 Å². The summed E-state index contributed by atoms with van der Waals surface area (Å²) in [7, 11) is 0. The first-order chi connectivity index (χ1) is 10.4. The highest BCUT2D eigenvalue weighted by atomic mass is 16.6. The third-order valence-electron chi connectivity index (χ3n) is 3.24. The van der Waals surface area contributed by atoms with Crippen molar-refractivity contribution in [2.45, 2.75) is 32.7 Å². The fourth-order valence-electron chi connectivity index (χ4n) is 1.98. The smallest absolute Gasteiger partial charge is 0.267 e. The Balaban J connectivity index is 3.09. The van der Waals surface area contributed by atoms with E-state index in [1.165, 1.54) is 19.2 Å². The first-order valence-electron chi connectivity index (χ1n) is 6.69. The van der Waals surface area contributed by atoms with E-state index < -0.39 is 16.9 Å². The highest BCUT2D eigenvalue weighted by molar-refractivity contribution is 5.99. The third-order valence-corrected chi connectivity index (χ3v) is 3.24. The molecule has 0 spiro atoms. The van der Waals surface area contributed by atoms with E-state index in [0.29, 0.717) is 17.6 Å². The van der Waals surface area contributed by atoms with Gasteiger partial charge in [0.05, 0.1) is 5.71 Å². The molecule has 1 heterocycles. The topological polar surface area (TPSA) is 132 Å². The predicted molar refractivity (Wildman–Crippen MR) is 80.5 cm³/mol. The Morgan fingerprint density at radius 3 is 2.82 bits per heavy atom. The van der Waals surface area contributed by atoms with Gasteiger partial charge in [0.15, 0.2) is 0 Å². The van der Waals surface area contributed by atoms with Crippen molar-refractivity contribution in [1.82, 2.24) is 4.98 Å². The van der Waals surface area contributed by atoms with Gasteiger partial charge < -0.3 is 10.9 Å². The summed E-state index contributed by atoms with van der Waals surface area (Å²) >= 11 is 0. The molecule has 0 aliphatic heterocycles. The second-order valence-electron chi connectivity index (χ2n) is 4.68. The normalized spacial score (nSPS) is 13.7. The van der Waals surface area contributed by atoms with E-state index in [2.05, 4.69) is 10.1 Å². The Hall–Kier alpha value is -2.77. The van der Waals surface area contributed by atoms with Crippen molar-refractivity contribution in [1.29, 1.82) is 0 Å². The molecule has 8 nitrogen and oxygen atoms in total. The molecule has 22 heavy (non-hydrogen) atoms. The molecular formula is C14H18N4O4. The standard InChI is InChI=1S/C14H18N4O4/c1-3-10(9(2)18(21)22)7-12(17-20)8-11-5-4-6-16-13(11)14(15)19/h4-7,9,20H,3,8H2,1-2H3,(H2,15,19). The number of nitrogens with two attached hydrogens (primary N) is 1. The van der Waals surface area contributed by atoms with Crippen molar-refractivity contribution in [3.05, 3.63) is 51.4 Å². The maximum Gasteiger partial charge on any atom is 0.267 e. The number of hydrogen-bond donors (Lipinski definition) is 2. The summed E-state index contributed by atoms with van der Waals surface area (Å²) in [5.41, 5.74) is 6.52. The van der Waals surface area contributed by atoms with E-state index in [9.17, 15) is 14.9 Å². The van der Waals surface area contributed by atoms with Crippen LogP contribution in [0.1, 0.15) is 36.3 Å². The average Bonchev–Trinajstić information content (AvgIpc) is 2.50. The van der Waals surface area contributed by atoms with Crippen LogP contribution < -0.4 is 5.73 Å². The Morgan fingerprint density at radius 1 is 1.64 bits per heavy atom. The summed E-state index contributed by atoms with van der Waals surface area (Å²) in [4.78, 5) is 25.7. The Bertz CT molecular complexity index is 625. The van der Waals surface area contributed by atoms with Gasteiger partial charge in [-0.25, -0.2) is 0 Å². The molecule has 118 valence electrons. The summed E-state index contributed by atoms with van der Waals surface area (Å²) in [6, 6.07) is 2.38. The molecule has 8 heteroatoms. The van der Waals surface area contributed by atoms with Gasteiger partial charge in [0.1, 0.15) is 5.69 Å². The van der Waals surface area contributed by atoms with Crippen LogP contribution in [0, 0.1) is 10.1 Å². The molecule has 0 fully saturated rings. The van der Waals surface area contributed by atoms with Crippen molar-refractivity contribution >= 4 is 11.6 Å². The number of nitrogens with zero attached hydrogens (tertiary/aromatic N) is 3. The van der Waals surface area contributed by atoms with Crippen LogP contribution in [0.4, 0.5) is 0 Å². The number of hydrogen-bond acceptors (Lipinski definition) is 6. The largest absolute Gasteiger partial charge is 0.411 e. The van der Waals surface area contributed by atoms with Crippen molar-refractivity contribution < 1.29 is 14.9 Å². The molecule has 0 bridgehead atoms. The molecule has 1 aromatic heterocycles. The Morgan fingerprint density at radius 2 is 2.32 bits per heavy atom. The minimum Gasteiger partial charge on any atom is -0.411 e. The highest BCUT2D eigenvalue weighted by Gasteiger charge is 2.19. The molecule has 0 radical (unpaired) electrons. The number of aromatic nitrogens is 1. The molecule has 1 aromatic rings. The van der Waals surface area contributed by atoms with Gasteiger partial charge in [-0.2, -0.15) is 0 Å². The number of carbonyl (C=O) groups is 1. The van der Waals surface area contributed by atoms with Crippen molar-refractivity contribution in [3.63, 3.8) is 0 Å². The number of oxime groups is 1. The molecule has 3 N–H and O–H groups in total. The van der Waals surface area contributed by atoms with E-state index in [4.69, 9.17) is 10.9 Å². The molecular weight excluding hydrogens is 288 g/mol. The van der Waals surface area contributed by atoms with Gasteiger partial charge in [-0.3, -0.25) is 19.9 Å². The summed E-state index contributed by atoms with van der Waals surface area (Å²) in [5, 5.41) is 23.1. The number of pyridine rings is 1. The third kappa shape index (κ3) is 4.37. The van der Waals surface area contributed by atoms with E-state index >= 15 is 0 Å². The number of primary amides is 1. The maximum atomic E-state index is 11.3. The van der Waals surface area contributed by atoms with Crippen LogP contribution in [0.2, 0.25) is 0 Å². The van der Waals surface area contributed by atoms with E-state index in [-0.39, 0.29) is 17.8 Å². The number of rotatable bonds is 7. The van der Waals surface area contributed by atoms with Crippen molar-refractivity contribution in [2.75, 3.05) is 0 Å². The van der Waals surface area contributed by atoms with E-state index in [1.54, 1.807) is 19.1 Å². The number of amides is 1. The van der Waals surface area contributed by atoms with Gasteiger partial charge in [0.2, 0.25) is 6.04 Å². The molecule has 0 aliphatic rings. The molecule has 1 atom stereocenters. The monoisotopic (exact) mass is 306 g/mol. The average molecular weight is 306 g/mol. The summed E-state index contributed by atoms with van der Waals surface area (Å²) < 4.78 is 0. The highest BCUT2D eigenvalue weighted by Crippen LogP contribution is 2.13. The first-order valence-corrected chi connectivity index (χ1v) is 6.69.